The van der Waals surface area contributed by atoms with Crippen LogP contribution in [-0.2, 0) is 9.59 Å². The van der Waals surface area contributed by atoms with Gasteiger partial charge < -0.3 is 10.0 Å². The van der Waals surface area contributed by atoms with Crippen LogP contribution in [0, 0.1) is 40.4 Å². The Hall–Kier alpha value is -2.64. The molecular weight excluding hydrogens is 470 g/mol. The molecule has 1 saturated heterocycles. The van der Waals surface area contributed by atoms with Gasteiger partial charge in [0.1, 0.15) is 12.4 Å². The van der Waals surface area contributed by atoms with Gasteiger partial charge in [-0.15, -0.1) is 0 Å². The van der Waals surface area contributed by atoms with Gasteiger partial charge in [0.2, 0.25) is 0 Å². The maximum atomic E-state index is 13.4. The number of hydrogen-bond acceptors (Lipinski definition) is 4. The summed E-state index contributed by atoms with van der Waals surface area (Å²) >= 11 is 0. The molecule has 2 saturated carbocycles. The van der Waals surface area contributed by atoms with Crippen LogP contribution in [0.2, 0.25) is 0 Å². The maximum Gasteiger partial charge on any atom is 0.156 e. The van der Waals surface area contributed by atoms with E-state index in [2.05, 4.69) is 54.9 Å². The first-order valence-electron chi connectivity index (χ1n) is 14.7. The Morgan fingerprint density at radius 2 is 1.89 bits per heavy atom. The van der Waals surface area contributed by atoms with E-state index in [9.17, 15) is 14.7 Å². The quantitative estimate of drug-likeness (QED) is 0.506. The van der Waals surface area contributed by atoms with Gasteiger partial charge in [-0.3, -0.25) is 9.59 Å². The Labute approximate surface area is 227 Å². The zero-order valence-electron chi connectivity index (χ0n) is 23.2. The van der Waals surface area contributed by atoms with Crippen molar-refractivity contribution in [3.05, 3.63) is 52.6 Å². The van der Waals surface area contributed by atoms with Crippen molar-refractivity contribution in [2.45, 2.75) is 78.1 Å². The summed E-state index contributed by atoms with van der Waals surface area (Å²) in [5.41, 5.74) is 5.90. The fourth-order valence-electron chi connectivity index (χ4n) is 9.23. The number of aliphatic hydroxyl groups excluding tert-OH is 1. The molecule has 1 N–H and O–H groups in total. The number of ketones is 2. The summed E-state index contributed by atoms with van der Waals surface area (Å²) in [5.74, 6) is 8.00. The first kappa shape index (κ1) is 25.6. The SMILES string of the molecule is CC(=O)[C@@]1(C#CCO)CC[C@H]2[C@@H]3CC(C)C4=CC(=O)CCC4=C3[C@@H](c3ccc(N4CCCC4)cc3)C[C@@]21C. The van der Waals surface area contributed by atoms with Gasteiger partial charge in [-0.1, -0.05) is 43.4 Å². The lowest BCUT2D eigenvalue weighted by atomic mass is 9.47. The summed E-state index contributed by atoms with van der Waals surface area (Å²) in [7, 11) is 0. The molecule has 6 rings (SSSR count). The molecular formula is C34H41NO3. The summed E-state index contributed by atoms with van der Waals surface area (Å²) in [6.45, 7) is 8.37. The standard InChI is InChI=1S/C34H41NO3/c1-22-19-29-31-13-15-34(23(2)37,14-6-18-36)33(31,3)21-30(32(29)27-12-11-26(38)20-28(22)27)24-7-9-25(10-8-24)35-16-4-5-17-35/h7-10,20,22,29-31,36H,4-5,11-13,15-19,21H2,1-3H3/t22?,29-,30+,31-,33-,34+/m0/s1. The second-order valence-electron chi connectivity index (χ2n) is 12.8. The molecule has 0 aromatic heterocycles. The first-order valence-corrected chi connectivity index (χ1v) is 14.7. The number of aliphatic hydroxyl groups is 1. The van der Waals surface area contributed by atoms with E-state index in [-0.39, 0.29) is 29.5 Å². The van der Waals surface area contributed by atoms with E-state index in [4.69, 9.17) is 0 Å². The van der Waals surface area contributed by atoms with Crippen LogP contribution in [0.3, 0.4) is 0 Å². The van der Waals surface area contributed by atoms with Crippen molar-refractivity contribution in [2.24, 2.45) is 28.6 Å². The lowest BCUT2D eigenvalue weighted by Gasteiger charge is -2.55. The molecule has 4 nitrogen and oxygen atoms in total. The highest BCUT2D eigenvalue weighted by atomic mass is 16.2. The number of anilines is 1. The predicted molar refractivity (Wildman–Crippen MR) is 151 cm³/mol. The molecule has 5 aliphatic rings. The summed E-state index contributed by atoms with van der Waals surface area (Å²) in [5, 5.41) is 9.59. The summed E-state index contributed by atoms with van der Waals surface area (Å²) in [6, 6.07) is 9.23. The third-order valence-electron chi connectivity index (χ3n) is 11.0. The zero-order chi connectivity index (χ0) is 26.7. The molecule has 0 bridgehead atoms. The molecule has 1 aliphatic heterocycles. The van der Waals surface area contributed by atoms with Crippen molar-refractivity contribution in [2.75, 3.05) is 24.6 Å². The minimum absolute atomic E-state index is 0.149. The molecule has 1 aromatic carbocycles. The molecule has 200 valence electrons. The van der Waals surface area contributed by atoms with Gasteiger partial charge in [0.25, 0.3) is 0 Å². The van der Waals surface area contributed by atoms with Crippen molar-refractivity contribution >= 4 is 17.3 Å². The normalized spacial score (nSPS) is 36.2. The van der Waals surface area contributed by atoms with E-state index in [0.29, 0.717) is 24.2 Å². The number of rotatable bonds is 3. The Balaban J connectivity index is 1.50. The number of allylic oxidation sites excluding steroid dienone is 4. The fourth-order valence-corrected chi connectivity index (χ4v) is 9.23. The van der Waals surface area contributed by atoms with Gasteiger partial charge in [0, 0.05) is 31.1 Å². The number of benzene rings is 1. The number of Topliss-reactive ketones (excluding diaryl/α,β-unsaturated/α-hetero) is 1. The van der Waals surface area contributed by atoms with Gasteiger partial charge in [-0.2, -0.15) is 0 Å². The molecule has 3 fully saturated rings. The van der Waals surface area contributed by atoms with Crippen molar-refractivity contribution in [3.8, 4) is 11.8 Å². The van der Waals surface area contributed by atoms with Crippen LogP contribution in [0.25, 0.3) is 0 Å². The lowest BCUT2D eigenvalue weighted by molar-refractivity contribution is -0.130. The molecule has 0 spiro atoms. The van der Waals surface area contributed by atoms with Crippen molar-refractivity contribution in [1.82, 2.24) is 0 Å². The molecule has 38 heavy (non-hydrogen) atoms. The van der Waals surface area contributed by atoms with Crippen molar-refractivity contribution in [3.63, 3.8) is 0 Å². The number of carbonyl (C=O) groups is 2. The van der Waals surface area contributed by atoms with Crippen LogP contribution >= 0.6 is 0 Å². The monoisotopic (exact) mass is 511 g/mol. The number of carbonyl (C=O) groups excluding carboxylic acids is 2. The third-order valence-corrected chi connectivity index (χ3v) is 11.0. The highest BCUT2D eigenvalue weighted by Crippen LogP contribution is 2.70. The fraction of sp³-hybridized carbons (Fsp3) is 0.588. The smallest absolute Gasteiger partial charge is 0.156 e. The molecule has 1 heterocycles. The second kappa shape index (κ2) is 9.53. The molecule has 6 atom stereocenters. The second-order valence-corrected chi connectivity index (χ2v) is 12.8. The minimum Gasteiger partial charge on any atom is -0.384 e. The van der Waals surface area contributed by atoms with E-state index in [1.54, 1.807) is 12.5 Å². The topological polar surface area (TPSA) is 57.6 Å². The molecule has 0 amide bonds. The third kappa shape index (κ3) is 3.76. The average molecular weight is 512 g/mol. The van der Waals surface area contributed by atoms with E-state index < -0.39 is 5.41 Å². The Bertz CT molecular complexity index is 1270. The summed E-state index contributed by atoms with van der Waals surface area (Å²) in [6.07, 6.45) is 9.57. The van der Waals surface area contributed by atoms with Crippen molar-refractivity contribution < 1.29 is 14.7 Å². The van der Waals surface area contributed by atoms with Crippen molar-refractivity contribution in [1.29, 1.82) is 0 Å². The molecule has 1 aromatic rings. The van der Waals surface area contributed by atoms with Crippen LogP contribution in [0.15, 0.2) is 47.1 Å². The molecule has 4 aliphatic carbocycles. The molecule has 0 radical (unpaired) electrons. The molecule has 1 unspecified atom stereocenters. The van der Waals surface area contributed by atoms with Gasteiger partial charge >= 0.3 is 0 Å². The Morgan fingerprint density at radius 1 is 1.16 bits per heavy atom. The van der Waals surface area contributed by atoms with Gasteiger partial charge in [0.15, 0.2) is 5.78 Å². The van der Waals surface area contributed by atoms with Crippen LogP contribution in [0.4, 0.5) is 5.69 Å². The van der Waals surface area contributed by atoms with Crippen LogP contribution in [0.5, 0.6) is 0 Å². The minimum atomic E-state index is -0.716. The van der Waals surface area contributed by atoms with Crippen LogP contribution in [0.1, 0.15) is 83.6 Å². The van der Waals surface area contributed by atoms with Gasteiger partial charge in [-0.05, 0) is 110 Å². The number of nitrogens with zero attached hydrogens (tertiary/aromatic N) is 1. The largest absolute Gasteiger partial charge is 0.384 e. The number of hydrogen-bond donors (Lipinski definition) is 1. The molecule has 4 heteroatoms. The highest BCUT2D eigenvalue weighted by Gasteiger charge is 2.65. The van der Waals surface area contributed by atoms with E-state index >= 15 is 0 Å². The van der Waals surface area contributed by atoms with E-state index in [1.165, 1.54) is 35.2 Å². The first-order chi connectivity index (χ1) is 18.3. The summed E-state index contributed by atoms with van der Waals surface area (Å²) in [4.78, 5) is 28.3. The predicted octanol–water partition coefficient (Wildman–Crippen LogP) is 6.00. The number of fused-ring (bicyclic) bond motifs is 4. The Morgan fingerprint density at radius 3 is 2.58 bits per heavy atom. The average Bonchev–Trinajstić information content (AvgIpc) is 3.54. The summed E-state index contributed by atoms with van der Waals surface area (Å²) < 4.78 is 0. The van der Waals surface area contributed by atoms with E-state index in [0.717, 1.165) is 45.2 Å². The van der Waals surface area contributed by atoms with Gasteiger partial charge in [0.05, 0.1) is 5.41 Å². The zero-order valence-corrected chi connectivity index (χ0v) is 23.2. The van der Waals surface area contributed by atoms with Gasteiger partial charge in [-0.25, -0.2) is 0 Å². The maximum absolute atomic E-state index is 13.4. The highest BCUT2D eigenvalue weighted by molar-refractivity contribution is 5.93. The van der Waals surface area contributed by atoms with Crippen LogP contribution in [-0.4, -0.2) is 36.4 Å². The van der Waals surface area contributed by atoms with E-state index in [1.807, 2.05) is 6.08 Å². The lowest BCUT2D eigenvalue weighted by Crippen LogP contribution is -2.50. The Kier molecular flexibility index (Phi) is 6.42. The van der Waals surface area contributed by atoms with Crippen LogP contribution < -0.4 is 4.90 Å².